The summed E-state index contributed by atoms with van der Waals surface area (Å²) < 4.78 is 12.3. The Bertz CT molecular complexity index is 416. The standard InChI is InChI=1S/C14H25N3O3/c1-5-7-12-13(14(18)20-6-2)15-16-17(12)8-9-19-10-11(3)4/h11H,5-10H2,1-4H3. The van der Waals surface area contributed by atoms with Gasteiger partial charge in [-0.25, -0.2) is 9.48 Å². The zero-order chi connectivity index (χ0) is 15.0. The van der Waals surface area contributed by atoms with E-state index in [1.54, 1.807) is 11.6 Å². The Morgan fingerprint density at radius 3 is 2.70 bits per heavy atom. The van der Waals surface area contributed by atoms with Crippen LogP contribution in [0.2, 0.25) is 0 Å². The van der Waals surface area contributed by atoms with E-state index in [1.165, 1.54) is 0 Å². The van der Waals surface area contributed by atoms with Crippen LogP contribution in [0, 0.1) is 5.92 Å². The lowest BCUT2D eigenvalue weighted by molar-refractivity contribution is 0.0517. The lowest BCUT2D eigenvalue weighted by atomic mass is 10.2. The largest absolute Gasteiger partial charge is 0.461 e. The summed E-state index contributed by atoms with van der Waals surface area (Å²) in [7, 11) is 0. The Balaban J connectivity index is 2.68. The highest BCUT2D eigenvalue weighted by Gasteiger charge is 2.19. The van der Waals surface area contributed by atoms with Crippen molar-refractivity contribution in [3.05, 3.63) is 11.4 Å². The van der Waals surface area contributed by atoms with Crippen LogP contribution in [0.25, 0.3) is 0 Å². The van der Waals surface area contributed by atoms with Gasteiger partial charge < -0.3 is 9.47 Å². The number of aromatic nitrogens is 3. The number of esters is 1. The Labute approximate surface area is 120 Å². The fraction of sp³-hybridized carbons (Fsp3) is 0.786. The molecule has 1 rings (SSSR count). The first-order valence-electron chi connectivity index (χ1n) is 7.27. The molecule has 0 aliphatic carbocycles. The molecule has 1 aromatic heterocycles. The van der Waals surface area contributed by atoms with Crippen LogP contribution in [-0.2, 0) is 22.4 Å². The predicted octanol–water partition coefficient (Wildman–Crippen LogP) is 2.08. The van der Waals surface area contributed by atoms with E-state index < -0.39 is 5.97 Å². The highest BCUT2D eigenvalue weighted by Crippen LogP contribution is 2.10. The predicted molar refractivity (Wildman–Crippen MR) is 75.6 cm³/mol. The van der Waals surface area contributed by atoms with Gasteiger partial charge in [-0.3, -0.25) is 0 Å². The molecule has 1 aromatic rings. The smallest absolute Gasteiger partial charge is 0.360 e. The van der Waals surface area contributed by atoms with Gasteiger partial charge in [0, 0.05) is 6.61 Å². The summed E-state index contributed by atoms with van der Waals surface area (Å²) in [5.74, 6) is 0.112. The summed E-state index contributed by atoms with van der Waals surface area (Å²) in [6.45, 7) is 10.3. The molecule has 0 fully saturated rings. The van der Waals surface area contributed by atoms with E-state index in [0.29, 0.717) is 31.4 Å². The van der Waals surface area contributed by atoms with Gasteiger partial charge in [0.2, 0.25) is 0 Å². The third-order valence-corrected chi connectivity index (χ3v) is 2.69. The minimum atomic E-state index is -0.398. The van der Waals surface area contributed by atoms with Gasteiger partial charge in [-0.15, -0.1) is 5.10 Å². The summed E-state index contributed by atoms with van der Waals surface area (Å²) in [6.07, 6.45) is 1.68. The zero-order valence-electron chi connectivity index (χ0n) is 12.9. The first-order chi connectivity index (χ1) is 9.60. The van der Waals surface area contributed by atoms with Crippen molar-refractivity contribution in [3.8, 4) is 0 Å². The van der Waals surface area contributed by atoms with Crippen molar-refractivity contribution >= 4 is 5.97 Å². The summed E-state index contributed by atoms with van der Waals surface area (Å²) >= 11 is 0. The van der Waals surface area contributed by atoms with Gasteiger partial charge in [-0.2, -0.15) is 0 Å². The van der Waals surface area contributed by atoms with Gasteiger partial charge in [0.1, 0.15) is 0 Å². The molecule has 114 valence electrons. The van der Waals surface area contributed by atoms with Crippen LogP contribution in [0.5, 0.6) is 0 Å². The van der Waals surface area contributed by atoms with E-state index in [1.807, 2.05) is 0 Å². The van der Waals surface area contributed by atoms with Crippen molar-refractivity contribution in [2.75, 3.05) is 19.8 Å². The van der Waals surface area contributed by atoms with Crippen LogP contribution in [-0.4, -0.2) is 40.8 Å². The normalized spacial score (nSPS) is 11.1. The Kier molecular flexibility index (Phi) is 7.22. The van der Waals surface area contributed by atoms with Gasteiger partial charge >= 0.3 is 5.97 Å². The number of rotatable bonds is 9. The third kappa shape index (κ3) is 4.92. The third-order valence-electron chi connectivity index (χ3n) is 2.69. The molecule has 0 radical (unpaired) electrons. The molecule has 0 aromatic carbocycles. The zero-order valence-corrected chi connectivity index (χ0v) is 12.9. The lowest BCUT2D eigenvalue weighted by Crippen LogP contribution is -2.14. The van der Waals surface area contributed by atoms with Gasteiger partial charge in [-0.05, 0) is 19.3 Å². The number of carbonyl (C=O) groups is 1. The van der Waals surface area contributed by atoms with E-state index in [-0.39, 0.29) is 0 Å². The summed E-state index contributed by atoms with van der Waals surface area (Å²) in [4.78, 5) is 11.8. The van der Waals surface area contributed by atoms with Crippen LogP contribution in [0.3, 0.4) is 0 Å². The van der Waals surface area contributed by atoms with Crippen molar-refractivity contribution < 1.29 is 14.3 Å². The highest BCUT2D eigenvalue weighted by molar-refractivity contribution is 5.88. The van der Waals surface area contributed by atoms with E-state index in [4.69, 9.17) is 9.47 Å². The molecule has 6 nitrogen and oxygen atoms in total. The number of nitrogens with zero attached hydrogens (tertiary/aromatic N) is 3. The number of carbonyl (C=O) groups excluding carboxylic acids is 1. The Hall–Kier alpha value is -1.43. The molecule has 0 aliphatic rings. The number of hydrogen-bond donors (Lipinski definition) is 0. The molecule has 0 spiro atoms. The molecule has 0 bridgehead atoms. The van der Waals surface area contributed by atoms with Crippen LogP contribution in [0.1, 0.15) is 50.3 Å². The van der Waals surface area contributed by atoms with Crippen molar-refractivity contribution in [3.63, 3.8) is 0 Å². The second-order valence-electron chi connectivity index (χ2n) is 5.05. The van der Waals surface area contributed by atoms with Crippen molar-refractivity contribution in [2.45, 2.75) is 47.1 Å². The monoisotopic (exact) mass is 283 g/mol. The minimum Gasteiger partial charge on any atom is -0.461 e. The molecule has 0 aliphatic heterocycles. The molecule has 0 atom stereocenters. The van der Waals surface area contributed by atoms with E-state index in [0.717, 1.165) is 25.1 Å². The molecule has 0 unspecified atom stereocenters. The molecule has 1 heterocycles. The lowest BCUT2D eigenvalue weighted by Gasteiger charge is -2.09. The number of ether oxygens (including phenoxy) is 2. The minimum absolute atomic E-state index is 0.331. The first-order valence-corrected chi connectivity index (χ1v) is 7.27. The van der Waals surface area contributed by atoms with Crippen LogP contribution in [0.15, 0.2) is 0 Å². The van der Waals surface area contributed by atoms with Gasteiger partial charge in [-0.1, -0.05) is 32.4 Å². The number of hydrogen-bond acceptors (Lipinski definition) is 5. The van der Waals surface area contributed by atoms with Crippen molar-refractivity contribution in [1.82, 2.24) is 15.0 Å². The molecular weight excluding hydrogens is 258 g/mol. The van der Waals surface area contributed by atoms with Crippen LogP contribution in [0.4, 0.5) is 0 Å². The van der Waals surface area contributed by atoms with Gasteiger partial charge in [0.15, 0.2) is 5.69 Å². The summed E-state index contributed by atoms with van der Waals surface area (Å²) in [5.41, 5.74) is 1.16. The van der Waals surface area contributed by atoms with Crippen molar-refractivity contribution in [2.24, 2.45) is 5.92 Å². The van der Waals surface area contributed by atoms with E-state index in [2.05, 4.69) is 31.1 Å². The SMILES string of the molecule is CCCc1c(C(=O)OCC)nnn1CCOCC(C)C. The fourth-order valence-electron chi connectivity index (χ4n) is 1.82. The molecule has 0 amide bonds. The average molecular weight is 283 g/mol. The summed E-state index contributed by atoms with van der Waals surface area (Å²) in [5, 5.41) is 7.99. The quantitative estimate of drug-likeness (QED) is 0.513. The maximum atomic E-state index is 11.8. The van der Waals surface area contributed by atoms with Gasteiger partial charge in [0.25, 0.3) is 0 Å². The maximum absolute atomic E-state index is 11.8. The maximum Gasteiger partial charge on any atom is 0.360 e. The second-order valence-corrected chi connectivity index (χ2v) is 5.05. The van der Waals surface area contributed by atoms with Crippen LogP contribution >= 0.6 is 0 Å². The molecule has 0 saturated heterocycles. The fourth-order valence-corrected chi connectivity index (χ4v) is 1.82. The van der Waals surface area contributed by atoms with Crippen LogP contribution < -0.4 is 0 Å². The highest BCUT2D eigenvalue weighted by atomic mass is 16.5. The van der Waals surface area contributed by atoms with Gasteiger partial charge in [0.05, 0.1) is 25.5 Å². The second kappa shape index (κ2) is 8.68. The topological polar surface area (TPSA) is 66.2 Å². The van der Waals surface area contributed by atoms with Crippen molar-refractivity contribution in [1.29, 1.82) is 0 Å². The molecule has 6 heteroatoms. The molecule has 0 saturated carbocycles. The Morgan fingerprint density at radius 1 is 1.35 bits per heavy atom. The first kappa shape index (κ1) is 16.6. The molecular formula is C14H25N3O3. The van der Waals surface area contributed by atoms with E-state index >= 15 is 0 Å². The molecule has 20 heavy (non-hydrogen) atoms. The molecule has 0 N–H and O–H groups in total. The Morgan fingerprint density at radius 2 is 2.10 bits per heavy atom. The average Bonchev–Trinajstić information content (AvgIpc) is 2.78. The van der Waals surface area contributed by atoms with E-state index in [9.17, 15) is 4.79 Å². The summed E-state index contributed by atoms with van der Waals surface area (Å²) in [6, 6.07) is 0.